The second-order valence-electron chi connectivity index (χ2n) is 3.26. The van der Waals surface area contributed by atoms with Crippen LogP contribution in [0.25, 0.3) is 5.69 Å². The lowest BCUT2D eigenvalue weighted by atomic mass is 10.2. The highest BCUT2D eigenvalue weighted by molar-refractivity contribution is 5.47. The van der Waals surface area contributed by atoms with Gasteiger partial charge in [0.2, 0.25) is 0 Å². The maximum atomic E-state index is 8.78. The molecule has 0 radical (unpaired) electrons. The number of hydrogen-bond acceptors (Lipinski definition) is 3. The Labute approximate surface area is 87.6 Å². The van der Waals surface area contributed by atoms with E-state index in [2.05, 4.69) is 11.2 Å². The summed E-state index contributed by atoms with van der Waals surface area (Å²) in [7, 11) is 0. The van der Waals surface area contributed by atoms with Gasteiger partial charge in [-0.3, -0.25) is 0 Å². The highest BCUT2D eigenvalue weighted by Crippen LogP contribution is 2.16. The molecule has 1 heterocycles. The van der Waals surface area contributed by atoms with E-state index in [0.29, 0.717) is 11.3 Å². The van der Waals surface area contributed by atoms with E-state index >= 15 is 0 Å². The van der Waals surface area contributed by atoms with Crippen LogP contribution in [0.3, 0.4) is 0 Å². The Morgan fingerprint density at radius 2 is 2.27 bits per heavy atom. The summed E-state index contributed by atoms with van der Waals surface area (Å²) < 4.78 is 1.72. The lowest BCUT2D eigenvalue weighted by molar-refractivity contribution is 0.847. The molecule has 0 amide bonds. The summed E-state index contributed by atoms with van der Waals surface area (Å²) >= 11 is 0. The van der Waals surface area contributed by atoms with Crippen molar-refractivity contribution >= 4 is 5.69 Å². The van der Waals surface area contributed by atoms with Gasteiger partial charge in [-0.05, 0) is 25.1 Å². The van der Waals surface area contributed by atoms with E-state index in [1.165, 1.54) is 0 Å². The van der Waals surface area contributed by atoms with Crippen molar-refractivity contribution in [3.8, 4) is 11.8 Å². The molecule has 0 unspecified atom stereocenters. The Morgan fingerprint density at radius 1 is 1.47 bits per heavy atom. The van der Waals surface area contributed by atoms with Crippen molar-refractivity contribution in [2.45, 2.75) is 6.92 Å². The van der Waals surface area contributed by atoms with E-state index in [9.17, 15) is 0 Å². The van der Waals surface area contributed by atoms with Crippen molar-refractivity contribution in [2.24, 2.45) is 0 Å². The molecule has 4 nitrogen and oxygen atoms in total. The molecule has 1 aromatic heterocycles. The number of hydrogen-bond donors (Lipinski definition) is 1. The van der Waals surface area contributed by atoms with Crippen LogP contribution in [0.15, 0.2) is 30.5 Å². The molecule has 0 aliphatic rings. The SMILES string of the molecule is Cc1c(N)cnn1-c1cccc(C#N)c1. The van der Waals surface area contributed by atoms with Gasteiger partial charge in [0.25, 0.3) is 0 Å². The molecule has 15 heavy (non-hydrogen) atoms. The van der Waals surface area contributed by atoms with Gasteiger partial charge in [0.15, 0.2) is 0 Å². The number of anilines is 1. The number of nitrogen functional groups attached to an aromatic ring is 1. The number of nitrogens with zero attached hydrogens (tertiary/aromatic N) is 3. The number of benzene rings is 1. The van der Waals surface area contributed by atoms with Gasteiger partial charge in [-0.1, -0.05) is 6.07 Å². The van der Waals surface area contributed by atoms with Crippen LogP contribution in [-0.4, -0.2) is 9.78 Å². The molecule has 0 saturated heterocycles. The summed E-state index contributed by atoms with van der Waals surface area (Å²) in [5, 5.41) is 12.9. The molecule has 0 spiro atoms. The van der Waals surface area contributed by atoms with E-state index < -0.39 is 0 Å². The average molecular weight is 198 g/mol. The summed E-state index contributed by atoms with van der Waals surface area (Å²) in [4.78, 5) is 0. The topological polar surface area (TPSA) is 67.6 Å². The van der Waals surface area contributed by atoms with Gasteiger partial charge in [0.05, 0.1) is 34.9 Å². The zero-order valence-corrected chi connectivity index (χ0v) is 8.31. The molecular weight excluding hydrogens is 188 g/mol. The molecule has 2 rings (SSSR count). The molecule has 0 aliphatic carbocycles. The number of rotatable bonds is 1. The maximum absolute atomic E-state index is 8.78. The first-order chi connectivity index (χ1) is 7.22. The monoisotopic (exact) mass is 198 g/mol. The fraction of sp³-hybridized carbons (Fsp3) is 0.0909. The van der Waals surface area contributed by atoms with Crippen LogP contribution in [0.1, 0.15) is 11.3 Å². The minimum Gasteiger partial charge on any atom is -0.396 e. The lowest BCUT2D eigenvalue weighted by Gasteiger charge is -2.04. The second-order valence-corrected chi connectivity index (χ2v) is 3.26. The van der Waals surface area contributed by atoms with E-state index in [1.807, 2.05) is 19.1 Å². The van der Waals surface area contributed by atoms with E-state index in [1.54, 1.807) is 23.0 Å². The van der Waals surface area contributed by atoms with Crippen molar-refractivity contribution in [3.63, 3.8) is 0 Å². The van der Waals surface area contributed by atoms with Gasteiger partial charge in [-0.2, -0.15) is 10.4 Å². The van der Waals surface area contributed by atoms with Gasteiger partial charge >= 0.3 is 0 Å². The number of nitriles is 1. The maximum Gasteiger partial charge on any atom is 0.0992 e. The molecule has 1 aromatic carbocycles. The third-order valence-corrected chi connectivity index (χ3v) is 2.27. The molecule has 0 aliphatic heterocycles. The van der Waals surface area contributed by atoms with Crippen molar-refractivity contribution in [2.75, 3.05) is 5.73 Å². The van der Waals surface area contributed by atoms with Crippen LogP contribution in [0.2, 0.25) is 0 Å². The van der Waals surface area contributed by atoms with Gasteiger partial charge in [0, 0.05) is 0 Å². The Balaban J connectivity index is 2.55. The summed E-state index contributed by atoms with van der Waals surface area (Å²) in [5.41, 5.74) is 8.69. The van der Waals surface area contributed by atoms with Crippen LogP contribution in [0.4, 0.5) is 5.69 Å². The molecule has 0 atom stereocenters. The molecule has 74 valence electrons. The van der Waals surface area contributed by atoms with E-state index in [-0.39, 0.29) is 0 Å². The summed E-state index contributed by atoms with van der Waals surface area (Å²) in [6.45, 7) is 1.89. The Hall–Kier alpha value is -2.28. The number of aromatic nitrogens is 2. The smallest absolute Gasteiger partial charge is 0.0992 e. The summed E-state index contributed by atoms with van der Waals surface area (Å²) in [6.07, 6.45) is 1.61. The predicted molar refractivity (Wildman–Crippen MR) is 57.4 cm³/mol. The predicted octanol–water partition coefficient (Wildman–Crippen LogP) is 1.63. The van der Waals surface area contributed by atoms with Gasteiger partial charge in [0.1, 0.15) is 0 Å². The van der Waals surface area contributed by atoms with Crippen LogP contribution in [0, 0.1) is 18.3 Å². The zero-order chi connectivity index (χ0) is 10.8. The molecular formula is C11H10N4. The highest BCUT2D eigenvalue weighted by atomic mass is 15.3. The minimum atomic E-state index is 0.612. The lowest BCUT2D eigenvalue weighted by Crippen LogP contribution is -1.99. The first-order valence-electron chi connectivity index (χ1n) is 4.53. The van der Waals surface area contributed by atoms with Gasteiger partial charge in [-0.15, -0.1) is 0 Å². The van der Waals surface area contributed by atoms with E-state index in [4.69, 9.17) is 11.0 Å². The largest absolute Gasteiger partial charge is 0.396 e. The Bertz CT molecular complexity index is 534. The zero-order valence-electron chi connectivity index (χ0n) is 8.31. The quantitative estimate of drug-likeness (QED) is 0.757. The van der Waals surface area contributed by atoms with Gasteiger partial charge in [-0.25, -0.2) is 4.68 Å². The standard InChI is InChI=1S/C11H10N4/c1-8-11(13)7-14-15(8)10-4-2-3-9(5-10)6-12/h2-5,7H,13H2,1H3. The highest BCUT2D eigenvalue weighted by Gasteiger charge is 2.05. The Kier molecular flexibility index (Phi) is 2.14. The Morgan fingerprint density at radius 3 is 2.87 bits per heavy atom. The minimum absolute atomic E-state index is 0.612. The first kappa shape index (κ1) is 9.28. The molecule has 0 bridgehead atoms. The van der Waals surface area contributed by atoms with Crippen molar-refractivity contribution in [1.82, 2.24) is 9.78 Å². The van der Waals surface area contributed by atoms with E-state index in [0.717, 1.165) is 11.4 Å². The second kappa shape index (κ2) is 3.46. The third-order valence-electron chi connectivity index (χ3n) is 2.27. The fourth-order valence-electron chi connectivity index (χ4n) is 1.39. The normalized spacial score (nSPS) is 9.87. The number of nitrogens with two attached hydrogens (primary N) is 1. The first-order valence-corrected chi connectivity index (χ1v) is 4.53. The molecule has 0 fully saturated rings. The van der Waals surface area contributed by atoms with Crippen molar-refractivity contribution < 1.29 is 0 Å². The molecule has 4 heteroatoms. The summed E-state index contributed by atoms with van der Waals surface area (Å²) in [6, 6.07) is 9.34. The molecule has 2 aromatic rings. The van der Waals surface area contributed by atoms with Crippen LogP contribution >= 0.6 is 0 Å². The molecule has 0 saturated carbocycles. The summed E-state index contributed by atoms with van der Waals surface area (Å²) in [5.74, 6) is 0. The van der Waals surface area contributed by atoms with Crippen LogP contribution < -0.4 is 5.73 Å². The average Bonchev–Trinajstić information content (AvgIpc) is 2.60. The van der Waals surface area contributed by atoms with Gasteiger partial charge < -0.3 is 5.73 Å². The van der Waals surface area contributed by atoms with Crippen LogP contribution in [0.5, 0.6) is 0 Å². The van der Waals surface area contributed by atoms with Crippen molar-refractivity contribution in [3.05, 3.63) is 41.7 Å². The molecule has 2 N–H and O–H groups in total. The fourth-order valence-corrected chi connectivity index (χ4v) is 1.39. The third kappa shape index (κ3) is 1.55. The van der Waals surface area contributed by atoms with Crippen LogP contribution in [-0.2, 0) is 0 Å². The van der Waals surface area contributed by atoms with Crippen molar-refractivity contribution in [1.29, 1.82) is 5.26 Å².